The van der Waals surface area contributed by atoms with E-state index in [-0.39, 0.29) is 6.04 Å². The number of rotatable bonds is 6. The van der Waals surface area contributed by atoms with Gasteiger partial charge in [-0.05, 0) is 19.8 Å². The highest BCUT2D eigenvalue weighted by molar-refractivity contribution is 5.03. The molecule has 19 heavy (non-hydrogen) atoms. The van der Waals surface area contributed by atoms with E-state index in [1.165, 1.54) is 0 Å². The lowest BCUT2D eigenvalue weighted by Crippen LogP contribution is -2.35. The van der Waals surface area contributed by atoms with Crippen molar-refractivity contribution in [2.24, 2.45) is 0 Å². The minimum Gasteiger partial charge on any atom is -0.378 e. The topological polar surface area (TPSA) is 69.4 Å². The van der Waals surface area contributed by atoms with Crippen molar-refractivity contribution in [1.82, 2.24) is 15.5 Å². The van der Waals surface area contributed by atoms with E-state index >= 15 is 0 Å². The number of nitrogens with zero attached hydrogens (tertiary/aromatic N) is 2. The second kappa shape index (κ2) is 6.45. The average molecular weight is 269 g/mol. The summed E-state index contributed by atoms with van der Waals surface area (Å²) in [6.07, 6.45) is 1.65. The van der Waals surface area contributed by atoms with Gasteiger partial charge in [-0.3, -0.25) is 0 Å². The monoisotopic (exact) mass is 269 g/mol. The molecule has 2 heterocycles. The van der Waals surface area contributed by atoms with Crippen molar-refractivity contribution in [3.8, 4) is 0 Å². The second-order valence-electron chi connectivity index (χ2n) is 4.67. The molecule has 1 fully saturated rings. The van der Waals surface area contributed by atoms with Gasteiger partial charge in [0.25, 0.3) is 0 Å². The molecular weight excluding hydrogens is 246 g/mol. The van der Waals surface area contributed by atoms with Gasteiger partial charge in [-0.2, -0.15) is 4.98 Å². The van der Waals surface area contributed by atoms with Gasteiger partial charge in [-0.1, -0.05) is 19.0 Å². The molecule has 108 valence electrons. The van der Waals surface area contributed by atoms with E-state index in [1.54, 1.807) is 0 Å². The van der Waals surface area contributed by atoms with Crippen molar-refractivity contribution >= 4 is 0 Å². The third-order valence-corrected chi connectivity index (χ3v) is 3.63. The molecule has 1 unspecified atom stereocenters. The van der Waals surface area contributed by atoms with Crippen molar-refractivity contribution in [2.75, 3.05) is 26.4 Å². The molecule has 0 amide bonds. The minimum atomic E-state index is -0.438. The summed E-state index contributed by atoms with van der Waals surface area (Å²) in [6.45, 7) is 8.88. The Morgan fingerprint density at radius 3 is 2.74 bits per heavy atom. The molecule has 0 bridgehead atoms. The zero-order chi connectivity index (χ0) is 13.7. The maximum absolute atomic E-state index is 5.88. The Kier molecular flexibility index (Phi) is 4.90. The first-order chi connectivity index (χ1) is 9.25. The third-order valence-electron chi connectivity index (χ3n) is 3.63. The summed E-state index contributed by atoms with van der Waals surface area (Å²) in [7, 11) is 0. The summed E-state index contributed by atoms with van der Waals surface area (Å²) < 4.78 is 16.7. The zero-order valence-electron chi connectivity index (χ0n) is 11.9. The third kappa shape index (κ3) is 2.96. The highest BCUT2D eigenvalue weighted by atomic mass is 16.5. The Balaban J connectivity index is 2.17. The van der Waals surface area contributed by atoms with E-state index < -0.39 is 5.60 Å². The van der Waals surface area contributed by atoms with Crippen molar-refractivity contribution in [2.45, 2.75) is 45.3 Å². The summed E-state index contributed by atoms with van der Waals surface area (Å²) in [5.41, 5.74) is -0.438. The van der Waals surface area contributed by atoms with E-state index in [1.807, 2.05) is 6.92 Å². The van der Waals surface area contributed by atoms with Crippen LogP contribution in [0.4, 0.5) is 0 Å². The second-order valence-corrected chi connectivity index (χ2v) is 4.67. The van der Waals surface area contributed by atoms with Crippen molar-refractivity contribution in [3.05, 3.63) is 11.7 Å². The van der Waals surface area contributed by atoms with Crippen molar-refractivity contribution in [3.63, 3.8) is 0 Å². The van der Waals surface area contributed by atoms with E-state index in [0.717, 1.165) is 26.0 Å². The lowest BCUT2D eigenvalue weighted by atomic mass is 9.96. The van der Waals surface area contributed by atoms with E-state index in [0.29, 0.717) is 24.9 Å². The lowest BCUT2D eigenvalue weighted by molar-refractivity contribution is -0.0583. The predicted molar refractivity (Wildman–Crippen MR) is 69.7 cm³/mol. The number of hydrogen-bond donors (Lipinski definition) is 1. The normalized spacial score (nSPS) is 20.7. The molecular formula is C13H23N3O3. The predicted octanol–water partition coefficient (Wildman–Crippen LogP) is 1.78. The first-order valence-corrected chi connectivity index (χ1v) is 7.05. The van der Waals surface area contributed by atoms with Gasteiger partial charge in [0, 0.05) is 13.2 Å². The number of ether oxygens (including phenoxy) is 2. The van der Waals surface area contributed by atoms with E-state index in [2.05, 4.69) is 29.3 Å². The van der Waals surface area contributed by atoms with Crippen LogP contribution >= 0.6 is 0 Å². The van der Waals surface area contributed by atoms with E-state index in [9.17, 15) is 0 Å². The van der Waals surface area contributed by atoms with E-state index in [4.69, 9.17) is 14.0 Å². The molecule has 2 rings (SSSR count). The first-order valence-electron chi connectivity index (χ1n) is 7.05. The fourth-order valence-electron chi connectivity index (χ4n) is 2.40. The van der Waals surface area contributed by atoms with Crippen LogP contribution in [0.25, 0.3) is 0 Å². The highest BCUT2D eigenvalue weighted by Gasteiger charge is 2.35. The molecule has 0 saturated carbocycles. The number of morpholine rings is 1. The lowest BCUT2D eigenvalue weighted by Gasteiger charge is -2.27. The average Bonchev–Trinajstić information content (AvgIpc) is 2.96. The molecule has 0 aromatic carbocycles. The Morgan fingerprint density at radius 2 is 2.16 bits per heavy atom. The van der Waals surface area contributed by atoms with Crippen molar-refractivity contribution < 1.29 is 14.0 Å². The Labute approximate surface area is 113 Å². The number of nitrogens with one attached hydrogen (secondary N) is 1. The van der Waals surface area contributed by atoms with Crippen LogP contribution in [-0.2, 0) is 15.1 Å². The molecule has 1 aliphatic heterocycles. The van der Waals surface area contributed by atoms with Gasteiger partial charge in [0.2, 0.25) is 11.7 Å². The Morgan fingerprint density at radius 1 is 1.37 bits per heavy atom. The van der Waals surface area contributed by atoms with Crippen LogP contribution in [0.1, 0.15) is 51.4 Å². The minimum absolute atomic E-state index is 0.0111. The van der Waals surface area contributed by atoms with Crippen LogP contribution in [0.5, 0.6) is 0 Å². The first kappa shape index (κ1) is 14.4. The summed E-state index contributed by atoms with van der Waals surface area (Å²) >= 11 is 0. The summed E-state index contributed by atoms with van der Waals surface area (Å²) in [5.74, 6) is 1.22. The summed E-state index contributed by atoms with van der Waals surface area (Å²) in [6, 6.07) is -0.0111. The van der Waals surface area contributed by atoms with Crippen LogP contribution in [-0.4, -0.2) is 36.5 Å². The quantitative estimate of drug-likeness (QED) is 0.849. The van der Waals surface area contributed by atoms with Crippen LogP contribution < -0.4 is 5.32 Å². The van der Waals surface area contributed by atoms with Crippen LogP contribution in [0, 0.1) is 0 Å². The standard InChI is InChI=1S/C13H23N3O3/c1-4-13(5-2,18-6-3)12-15-11(19-16-12)10-9-17-8-7-14-10/h10,14H,4-9H2,1-3H3. The van der Waals surface area contributed by atoms with Crippen LogP contribution in [0.15, 0.2) is 4.52 Å². The summed E-state index contributed by atoms with van der Waals surface area (Å²) in [5, 5.41) is 7.42. The molecule has 6 nitrogen and oxygen atoms in total. The van der Waals surface area contributed by atoms with Gasteiger partial charge in [0.1, 0.15) is 11.6 Å². The maximum atomic E-state index is 5.88. The van der Waals surface area contributed by atoms with Gasteiger partial charge < -0.3 is 19.3 Å². The molecule has 6 heteroatoms. The Hall–Kier alpha value is -0.980. The molecule has 1 aromatic rings. The molecule has 1 atom stereocenters. The van der Waals surface area contributed by atoms with Gasteiger partial charge >= 0.3 is 0 Å². The van der Waals surface area contributed by atoms with Crippen LogP contribution in [0.3, 0.4) is 0 Å². The molecule has 1 saturated heterocycles. The smallest absolute Gasteiger partial charge is 0.246 e. The fraction of sp³-hybridized carbons (Fsp3) is 0.846. The molecule has 0 aliphatic carbocycles. The molecule has 1 aliphatic rings. The maximum Gasteiger partial charge on any atom is 0.246 e. The number of hydrogen-bond acceptors (Lipinski definition) is 6. The fourth-order valence-corrected chi connectivity index (χ4v) is 2.40. The van der Waals surface area contributed by atoms with Gasteiger partial charge in [0.15, 0.2) is 0 Å². The van der Waals surface area contributed by atoms with Gasteiger partial charge in [-0.15, -0.1) is 0 Å². The Bertz CT molecular complexity index is 384. The van der Waals surface area contributed by atoms with Crippen molar-refractivity contribution in [1.29, 1.82) is 0 Å². The highest BCUT2D eigenvalue weighted by Crippen LogP contribution is 2.31. The largest absolute Gasteiger partial charge is 0.378 e. The molecule has 1 N–H and O–H groups in total. The number of aromatic nitrogens is 2. The van der Waals surface area contributed by atoms with Gasteiger partial charge in [-0.25, -0.2) is 0 Å². The summed E-state index contributed by atoms with van der Waals surface area (Å²) in [4.78, 5) is 4.52. The van der Waals surface area contributed by atoms with Crippen LogP contribution in [0.2, 0.25) is 0 Å². The SMILES string of the molecule is CCOC(CC)(CC)c1noc(C2COCCN2)n1. The zero-order valence-corrected chi connectivity index (χ0v) is 11.9. The van der Waals surface area contributed by atoms with Gasteiger partial charge in [0.05, 0.1) is 13.2 Å². The molecule has 0 spiro atoms. The molecule has 0 radical (unpaired) electrons. The molecule has 1 aromatic heterocycles.